The summed E-state index contributed by atoms with van der Waals surface area (Å²) in [5, 5.41) is 12.9. The summed E-state index contributed by atoms with van der Waals surface area (Å²) in [5.74, 6) is -1.19. The first kappa shape index (κ1) is 27.4. The van der Waals surface area contributed by atoms with Gasteiger partial charge < -0.3 is 24.5 Å². The Bertz CT molecular complexity index is 1210. The number of hydrogen-bond donors (Lipinski definition) is 1. The number of likely N-dealkylation sites (tertiary alicyclic amines) is 1. The largest absolute Gasteiger partial charge is 0.476 e. The minimum absolute atomic E-state index is 0.0913. The van der Waals surface area contributed by atoms with E-state index in [1.807, 2.05) is 7.05 Å². The Balaban J connectivity index is 1.25. The van der Waals surface area contributed by atoms with Gasteiger partial charge in [0.2, 0.25) is 0 Å². The Hall–Kier alpha value is -3.12. The maximum absolute atomic E-state index is 13.6. The second-order valence-corrected chi connectivity index (χ2v) is 11.4. The average molecular weight is 550 g/mol. The van der Waals surface area contributed by atoms with Crippen LogP contribution in [0.25, 0.3) is 0 Å². The van der Waals surface area contributed by atoms with Crippen molar-refractivity contribution in [2.45, 2.75) is 57.4 Å². The maximum Gasteiger partial charge on any atom is 0.416 e. The van der Waals surface area contributed by atoms with Gasteiger partial charge in [-0.2, -0.15) is 23.0 Å². The molecule has 0 saturated carbocycles. The molecule has 1 N–H and O–H groups in total. The lowest BCUT2D eigenvalue weighted by atomic mass is 9.80. The first-order chi connectivity index (χ1) is 18.4. The number of amides is 1. The minimum atomic E-state index is -4.41. The van der Waals surface area contributed by atoms with E-state index in [0.717, 1.165) is 42.5 Å². The van der Waals surface area contributed by atoms with E-state index in [9.17, 15) is 22.8 Å². The van der Waals surface area contributed by atoms with E-state index < -0.39 is 17.7 Å². The third-order valence-electron chi connectivity index (χ3n) is 8.27. The first-order valence-corrected chi connectivity index (χ1v) is 13.3. The van der Waals surface area contributed by atoms with Gasteiger partial charge in [-0.15, -0.1) is 0 Å². The predicted octanol–water partition coefficient (Wildman–Crippen LogP) is 4.17. The summed E-state index contributed by atoms with van der Waals surface area (Å²) in [6.45, 7) is 5.47. The number of rotatable bonds is 6. The molecule has 5 rings (SSSR count). The molecule has 1 amide bonds. The highest BCUT2D eigenvalue weighted by molar-refractivity contribution is 5.86. The highest BCUT2D eigenvalue weighted by atomic mass is 19.4. The van der Waals surface area contributed by atoms with E-state index in [2.05, 4.69) is 21.8 Å². The van der Waals surface area contributed by atoms with Crippen molar-refractivity contribution < 1.29 is 32.6 Å². The summed E-state index contributed by atoms with van der Waals surface area (Å²) < 4.78 is 47.6. The zero-order valence-corrected chi connectivity index (χ0v) is 22.2. The summed E-state index contributed by atoms with van der Waals surface area (Å²) in [6.07, 6.45) is 0.261. The number of morpholine rings is 1. The molecule has 3 aliphatic rings. The van der Waals surface area contributed by atoms with Crippen LogP contribution in [0.5, 0.6) is 0 Å². The van der Waals surface area contributed by atoms with Gasteiger partial charge >= 0.3 is 18.2 Å². The van der Waals surface area contributed by atoms with Crippen molar-refractivity contribution in [3.05, 3.63) is 47.3 Å². The SMILES string of the molecule is CN(Cc1ccc(C(F)(F)F)cc1N1C2CCC1COC2)CC1(C)CCN(C(=O)n2ccc(C(=O)O)n2)CC1. The van der Waals surface area contributed by atoms with Crippen LogP contribution in [0.15, 0.2) is 30.5 Å². The smallest absolute Gasteiger partial charge is 0.416 e. The van der Waals surface area contributed by atoms with E-state index in [1.54, 1.807) is 11.0 Å². The number of piperidine rings is 1. The Morgan fingerprint density at radius 2 is 1.82 bits per heavy atom. The van der Waals surface area contributed by atoms with Gasteiger partial charge in [-0.25, -0.2) is 9.59 Å². The molecule has 212 valence electrons. The van der Waals surface area contributed by atoms with Crippen molar-refractivity contribution in [2.24, 2.45) is 5.41 Å². The monoisotopic (exact) mass is 549 g/mol. The van der Waals surface area contributed by atoms with Crippen molar-refractivity contribution in [3.63, 3.8) is 0 Å². The Labute approximate surface area is 225 Å². The number of aromatic carboxylic acids is 1. The Morgan fingerprint density at radius 1 is 1.15 bits per heavy atom. The molecule has 3 saturated heterocycles. The number of carboxylic acids is 1. The van der Waals surface area contributed by atoms with Crippen molar-refractivity contribution in [2.75, 3.05) is 44.8 Å². The number of halogens is 3. The number of hydrogen-bond acceptors (Lipinski definition) is 6. The molecule has 12 heteroatoms. The number of aromatic nitrogens is 2. The van der Waals surface area contributed by atoms with E-state index in [-0.39, 0.29) is 29.2 Å². The van der Waals surface area contributed by atoms with Crippen molar-refractivity contribution in [3.8, 4) is 0 Å². The number of carbonyl (C=O) groups excluding carboxylic acids is 1. The minimum Gasteiger partial charge on any atom is -0.476 e. The van der Waals surface area contributed by atoms with Gasteiger partial charge in [-0.1, -0.05) is 13.0 Å². The summed E-state index contributed by atoms with van der Waals surface area (Å²) in [6, 6.07) is 5.22. The van der Waals surface area contributed by atoms with Crippen LogP contribution < -0.4 is 4.90 Å². The molecule has 0 aliphatic carbocycles. The van der Waals surface area contributed by atoms with Crippen LogP contribution in [0, 0.1) is 5.41 Å². The molecule has 2 unspecified atom stereocenters. The molecule has 2 atom stereocenters. The second kappa shape index (κ2) is 10.5. The molecule has 1 aromatic carbocycles. The lowest BCUT2D eigenvalue weighted by Gasteiger charge is -2.42. The zero-order valence-electron chi connectivity index (χ0n) is 22.2. The quantitative estimate of drug-likeness (QED) is 0.579. The van der Waals surface area contributed by atoms with Crippen LogP contribution in [0.1, 0.15) is 54.2 Å². The summed E-state index contributed by atoms with van der Waals surface area (Å²) in [5.41, 5.74) is 0.615. The van der Waals surface area contributed by atoms with Crippen molar-refractivity contribution in [1.82, 2.24) is 19.6 Å². The molecule has 1 aromatic heterocycles. The van der Waals surface area contributed by atoms with E-state index in [1.165, 1.54) is 24.4 Å². The first-order valence-electron chi connectivity index (χ1n) is 13.3. The fourth-order valence-corrected chi connectivity index (χ4v) is 6.22. The van der Waals surface area contributed by atoms with Crippen LogP contribution in [0.2, 0.25) is 0 Å². The van der Waals surface area contributed by atoms with E-state index >= 15 is 0 Å². The van der Waals surface area contributed by atoms with Gasteiger partial charge in [0, 0.05) is 38.1 Å². The van der Waals surface area contributed by atoms with Crippen LogP contribution in [0.3, 0.4) is 0 Å². The third-order valence-corrected chi connectivity index (χ3v) is 8.27. The fraction of sp³-hybridized carbons (Fsp3) is 0.593. The maximum atomic E-state index is 13.6. The van der Waals surface area contributed by atoms with Crippen molar-refractivity contribution in [1.29, 1.82) is 0 Å². The third kappa shape index (κ3) is 5.76. The number of benzene rings is 1. The standard InChI is InChI=1S/C27H34F3N5O4/c1-26(8-11-33(12-9-26)25(38)34-10-7-22(31-34)24(36)37)17-32(2)14-18-3-4-19(27(28,29)30)13-23(18)35-20-5-6-21(35)16-39-15-20/h3-4,7,10,13,20-21H,5-6,8-9,11-12,14-17H2,1-2H3,(H,36,37). The van der Waals surface area contributed by atoms with E-state index in [4.69, 9.17) is 9.84 Å². The Morgan fingerprint density at radius 3 is 2.41 bits per heavy atom. The molecule has 3 aliphatic heterocycles. The summed E-state index contributed by atoms with van der Waals surface area (Å²) in [4.78, 5) is 29.8. The van der Waals surface area contributed by atoms with Crippen LogP contribution >= 0.6 is 0 Å². The molecular weight excluding hydrogens is 515 g/mol. The molecule has 2 aromatic rings. The second-order valence-electron chi connectivity index (χ2n) is 11.4. The van der Waals surface area contributed by atoms with Gasteiger partial charge in [-0.3, -0.25) is 0 Å². The van der Waals surface area contributed by atoms with Crippen LogP contribution in [-0.4, -0.2) is 88.7 Å². The average Bonchev–Trinajstić information content (AvgIpc) is 3.46. The van der Waals surface area contributed by atoms with Gasteiger partial charge in [0.25, 0.3) is 0 Å². The molecule has 4 heterocycles. The van der Waals surface area contributed by atoms with Gasteiger partial charge in [0.15, 0.2) is 5.69 Å². The highest BCUT2D eigenvalue weighted by Crippen LogP contribution is 2.40. The molecule has 9 nitrogen and oxygen atoms in total. The molecule has 2 bridgehead atoms. The number of nitrogens with zero attached hydrogens (tertiary/aromatic N) is 5. The molecule has 39 heavy (non-hydrogen) atoms. The molecule has 0 spiro atoms. The van der Waals surface area contributed by atoms with Gasteiger partial charge in [0.1, 0.15) is 0 Å². The normalized spacial score (nSPS) is 22.9. The topological polar surface area (TPSA) is 91.1 Å². The number of alkyl halides is 3. The Kier molecular flexibility index (Phi) is 7.36. The number of carbonyl (C=O) groups is 2. The lowest BCUT2D eigenvalue weighted by molar-refractivity contribution is -0.137. The number of carboxylic acid groups (broad SMARTS) is 1. The zero-order chi connectivity index (χ0) is 27.9. The summed E-state index contributed by atoms with van der Waals surface area (Å²) >= 11 is 0. The predicted molar refractivity (Wildman–Crippen MR) is 137 cm³/mol. The lowest BCUT2D eigenvalue weighted by Crippen LogP contribution is -2.47. The van der Waals surface area contributed by atoms with Gasteiger partial charge in [0.05, 0.1) is 30.9 Å². The molecular formula is C27H34F3N5O4. The molecule has 0 radical (unpaired) electrons. The fourth-order valence-electron chi connectivity index (χ4n) is 6.22. The van der Waals surface area contributed by atoms with Gasteiger partial charge in [-0.05, 0) is 61.9 Å². The molecule has 3 fully saturated rings. The van der Waals surface area contributed by atoms with Crippen molar-refractivity contribution >= 4 is 17.7 Å². The van der Waals surface area contributed by atoms with Crippen LogP contribution in [0.4, 0.5) is 23.7 Å². The summed E-state index contributed by atoms with van der Waals surface area (Å²) in [7, 11) is 1.98. The highest BCUT2D eigenvalue weighted by Gasteiger charge is 2.40. The van der Waals surface area contributed by atoms with E-state index in [0.29, 0.717) is 38.5 Å². The number of anilines is 1. The number of fused-ring (bicyclic) bond motifs is 2. The van der Waals surface area contributed by atoms with Crippen LogP contribution in [-0.2, 0) is 17.5 Å². The number of ether oxygens (including phenoxy) is 1.